The number of fused-ring (bicyclic) bond motifs is 1. The van der Waals surface area contributed by atoms with E-state index in [1.54, 1.807) is 25.1 Å². The van der Waals surface area contributed by atoms with Crippen LogP contribution in [-0.4, -0.2) is 17.4 Å². The van der Waals surface area contributed by atoms with Crippen LogP contribution in [0.15, 0.2) is 41.5 Å². The number of alkyl halides is 3. The normalized spacial score (nSPS) is 13.6. The Morgan fingerprint density at radius 3 is 2.62 bits per heavy atom. The third-order valence-electron chi connectivity index (χ3n) is 3.66. The zero-order chi connectivity index (χ0) is 18.9. The molecule has 0 fully saturated rings. The molecule has 7 nitrogen and oxygen atoms in total. The fourth-order valence-corrected chi connectivity index (χ4v) is 2.28. The number of rotatable bonds is 4. The van der Waals surface area contributed by atoms with Crippen molar-refractivity contribution >= 4 is 17.1 Å². The summed E-state index contributed by atoms with van der Waals surface area (Å²) >= 11 is 0. The summed E-state index contributed by atoms with van der Waals surface area (Å²) in [6, 6.07) is 7.28. The Morgan fingerprint density at radius 1 is 1.19 bits per heavy atom. The van der Waals surface area contributed by atoms with Crippen molar-refractivity contribution < 1.29 is 27.6 Å². The van der Waals surface area contributed by atoms with Gasteiger partial charge in [-0.25, -0.2) is 0 Å². The number of nitrogens with one attached hydrogen (secondary N) is 1. The Balaban J connectivity index is 1.86. The molecule has 0 atom stereocenters. The zero-order valence-electron chi connectivity index (χ0n) is 13.3. The Bertz CT molecular complexity index is 897. The molecule has 0 saturated heterocycles. The average Bonchev–Trinajstić information content (AvgIpc) is 3.06. The SMILES string of the molecule is C/C(=N/Nc1ccc(C(F)(F)F)cc1[N+](=O)[O-])c1ccc2c(c1)OCO2. The quantitative estimate of drug-likeness (QED) is 0.498. The number of hydrogen-bond acceptors (Lipinski definition) is 6. The van der Waals surface area contributed by atoms with Crippen LogP contribution in [0.5, 0.6) is 11.5 Å². The number of nitro groups is 1. The molecule has 2 aromatic carbocycles. The predicted octanol–water partition coefficient (Wildman–Crippen LogP) is 4.18. The molecular weight excluding hydrogens is 355 g/mol. The molecule has 1 N–H and O–H groups in total. The van der Waals surface area contributed by atoms with E-state index in [-0.39, 0.29) is 12.5 Å². The molecule has 2 aromatic rings. The van der Waals surface area contributed by atoms with Crippen molar-refractivity contribution in [2.75, 3.05) is 12.2 Å². The predicted molar refractivity (Wildman–Crippen MR) is 86.5 cm³/mol. The van der Waals surface area contributed by atoms with Crippen molar-refractivity contribution in [3.8, 4) is 11.5 Å². The number of anilines is 1. The topological polar surface area (TPSA) is 86.0 Å². The van der Waals surface area contributed by atoms with Gasteiger partial charge in [0.15, 0.2) is 11.5 Å². The summed E-state index contributed by atoms with van der Waals surface area (Å²) in [5, 5.41) is 15.1. The number of hydrazone groups is 1. The first-order valence-electron chi connectivity index (χ1n) is 7.31. The van der Waals surface area contributed by atoms with Crippen molar-refractivity contribution in [3.63, 3.8) is 0 Å². The van der Waals surface area contributed by atoms with Gasteiger partial charge in [-0.05, 0) is 37.3 Å². The molecule has 0 spiro atoms. The number of hydrogen-bond donors (Lipinski definition) is 1. The maximum atomic E-state index is 12.7. The fraction of sp³-hybridized carbons (Fsp3) is 0.188. The van der Waals surface area contributed by atoms with Crippen LogP contribution in [0.1, 0.15) is 18.1 Å². The van der Waals surface area contributed by atoms with E-state index in [0.29, 0.717) is 28.8 Å². The van der Waals surface area contributed by atoms with Crippen LogP contribution in [0.25, 0.3) is 0 Å². The summed E-state index contributed by atoms with van der Waals surface area (Å²) in [5.74, 6) is 1.13. The first-order chi connectivity index (χ1) is 12.3. The number of nitro benzene ring substituents is 1. The Kier molecular flexibility index (Phi) is 4.41. The first-order valence-corrected chi connectivity index (χ1v) is 7.31. The van der Waals surface area contributed by atoms with Crippen molar-refractivity contribution in [1.29, 1.82) is 0 Å². The van der Waals surface area contributed by atoms with Gasteiger partial charge in [0.25, 0.3) is 5.69 Å². The summed E-state index contributed by atoms with van der Waals surface area (Å²) in [7, 11) is 0. The molecule has 0 bridgehead atoms. The van der Waals surface area contributed by atoms with Crippen LogP contribution < -0.4 is 14.9 Å². The Morgan fingerprint density at radius 2 is 1.92 bits per heavy atom. The van der Waals surface area contributed by atoms with Crippen LogP contribution >= 0.6 is 0 Å². The summed E-state index contributed by atoms with van der Waals surface area (Å²) in [4.78, 5) is 10.2. The van der Waals surface area contributed by atoms with Crippen LogP contribution in [0.4, 0.5) is 24.5 Å². The van der Waals surface area contributed by atoms with Crippen LogP contribution in [0.3, 0.4) is 0 Å². The molecular formula is C16H12F3N3O4. The maximum Gasteiger partial charge on any atom is 0.416 e. The third-order valence-corrected chi connectivity index (χ3v) is 3.66. The van der Waals surface area contributed by atoms with Gasteiger partial charge in [0.1, 0.15) is 5.69 Å². The monoisotopic (exact) mass is 367 g/mol. The van der Waals surface area contributed by atoms with Crippen LogP contribution in [0, 0.1) is 10.1 Å². The number of halogens is 3. The minimum Gasteiger partial charge on any atom is -0.454 e. The minimum atomic E-state index is -4.67. The maximum absolute atomic E-state index is 12.7. The summed E-state index contributed by atoms with van der Waals surface area (Å²) < 4.78 is 48.6. The summed E-state index contributed by atoms with van der Waals surface area (Å²) in [6.45, 7) is 1.76. The highest BCUT2D eigenvalue weighted by Gasteiger charge is 2.33. The molecule has 1 heterocycles. The molecule has 0 saturated carbocycles. The molecule has 0 aromatic heterocycles. The van der Waals surface area contributed by atoms with Gasteiger partial charge >= 0.3 is 6.18 Å². The zero-order valence-corrected chi connectivity index (χ0v) is 13.3. The van der Waals surface area contributed by atoms with Crippen molar-refractivity contribution in [3.05, 3.63) is 57.6 Å². The lowest BCUT2D eigenvalue weighted by atomic mass is 10.1. The van der Waals surface area contributed by atoms with Crippen molar-refractivity contribution in [1.82, 2.24) is 0 Å². The highest BCUT2D eigenvalue weighted by Crippen LogP contribution is 2.35. The van der Waals surface area contributed by atoms with Gasteiger partial charge < -0.3 is 9.47 Å². The highest BCUT2D eigenvalue weighted by molar-refractivity contribution is 5.99. The second-order valence-corrected chi connectivity index (χ2v) is 5.36. The van der Waals surface area contributed by atoms with Gasteiger partial charge in [-0.1, -0.05) is 0 Å². The van der Waals surface area contributed by atoms with Gasteiger partial charge in [0.2, 0.25) is 6.79 Å². The number of benzene rings is 2. The second-order valence-electron chi connectivity index (χ2n) is 5.36. The average molecular weight is 367 g/mol. The fourth-order valence-electron chi connectivity index (χ4n) is 2.28. The van der Waals surface area contributed by atoms with E-state index < -0.39 is 22.4 Å². The number of nitrogens with zero attached hydrogens (tertiary/aromatic N) is 2. The van der Waals surface area contributed by atoms with E-state index in [9.17, 15) is 23.3 Å². The number of ether oxygens (including phenoxy) is 2. The van der Waals surface area contributed by atoms with E-state index in [2.05, 4.69) is 10.5 Å². The van der Waals surface area contributed by atoms with Gasteiger partial charge in [0, 0.05) is 11.6 Å². The summed E-state index contributed by atoms with van der Waals surface area (Å²) in [5.41, 5.74) is 1.59. The van der Waals surface area contributed by atoms with Crippen molar-refractivity contribution in [2.24, 2.45) is 5.10 Å². The van der Waals surface area contributed by atoms with E-state index >= 15 is 0 Å². The van der Waals surface area contributed by atoms with Gasteiger partial charge in [-0.3, -0.25) is 15.5 Å². The van der Waals surface area contributed by atoms with Gasteiger partial charge in [0.05, 0.1) is 16.2 Å². The molecule has 1 aliphatic rings. The van der Waals surface area contributed by atoms with Gasteiger partial charge in [-0.15, -0.1) is 0 Å². The Labute approximate surface area is 145 Å². The van der Waals surface area contributed by atoms with E-state index in [1.165, 1.54) is 0 Å². The third kappa shape index (κ3) is 3.53. The summed E-state index contributed by atoms with van der Waals surface area (Å²) in [6.07, 6.45) is -4.67. The van der Waals surface area contributed by atoms with Crippen LogP contribution in [-0.2, 0) is 6.18 Å². The van der Waals surface area contributed by atoms with Crippen LogP contribution in [0.2, 0.25) is 0 Å². The Hall–Kier alpha value is -3.30. The molecule has 26 heavy (non-hydrogen) atoms. The largest absolute Gasteiger partial charge is 0.454 e. The van der Waals surface area contributed by atoms with Gasteiger partial charge in [-0.2, -0.15) is 18.3 Å². The molecule has 10 heteroatoms. The van der Waals surface area contributed by atoms with E-state index in [4.69, 9.17) is 9.47 Å². The first kappa shape index (κ1) is 17.5. The smallest absolute Gasteiger partial charge is 0.416 e. The highest BCUT2D eigenvalue weighted by atomic mass is 19.4. The van der Waals surface area contributed by atoms with E-state index in [0.717, 1.165) is 12.1 Å². The lowest BCUT2D eigenvalue weighted by Gasteiger charge is -2.09. The molecule has 3 rings (SSSR count). The molecule has 0 radical (unpaired) electrons. The molecule has 0 amide bonds. The molecule has 1 aliphatic heterocycles. The molecule has 0 unspecified atom stereocenters. The molecule has 136 valence electrons. The molecule has 0 aliphatic carbocycles. The standard InChI is InChI=1S/C16H12F3N3O4/c1-9(10-2-5-14-15(6-10)26-8-25-14)20-21-12-4-3-11(16(17,18)19)7-13(12)22(23)24/h2-7,21H,8H2,1H3/b20-9-. The van der Waals surface area contributed by atoms with Crippen molar-refractivity contribution in [2.45, 2.75) is 13.1 Å². The lowest BCUT2D eigenvalue weighted by molar-refractivity contribution is -0.384. The minimum absolute atomic E-state index is 0.116. The lowest BCUT2D eigenvalue weighted by Crippen LogP contribution is -2.07. The second kappa shape index (κ2) is 6.54. The van der Waals surface area contributed by atoms with E-state index in [1.807, 2.05) is 0 Å².